The van der Waals surface area contributed by atoms with Gasteiger partial charge in [-0.25, -0.2) is 9.97 Å². The molecular weight excluding hydrogens is 287 g/mol. The van der Waals surface area contributed by atoms with Gasteiger partial charge in [0, 0.05) is 35.2 Å². The van der Waals surface area contributed by atoms with Crippen LogP contribution >= 0.6 is 47.5 Å². The summed E-state index contributed by atoms with van der Waals surface area (Å²) in [7, 11) is 0. The molecule has 0 bridgehead atoms. The molecule has 0 unspecified atom stereocenters. The minimum absolute atomic E-state index is 0. The van der Waals surface area contributed by atoms with Crippen molar-refractivity contribution in [2.75, 3.05) is 0 Å². The molecule has 0 amide bonds. The Morgan fingerprint density at radius 2 is 1.25 bits per heavy atom. The Hall–Kier alpha value is -0.240. The van der Waals surface area contributed by atoms with Crippen LogP contribution in [-0.4, -0.2) is 9.97 Å². The first-order chi connectivity index (χ1) is 6.83. The predicted molar refractivity (Wildman–Crippen MR) is 73.5 cm³/mol. The lowest BCUT2D eigenvalue weighted by molar-refractivity contribution is 1.09. The normalized spacial score (nSPS) is 9.38. The third kappa shape index (κ3) is 3.38. The van der Waals surface area contributed by atoms with E-state index in [-0.39, 0.29) is 24.8 Å². The molecule has 90 valence electrons. The molecule has 0 spiro atoms. The van der Waals surface area contributed by atoms with E-state index < -0.39 is 0 Å². The Morgan fingerprint density at radius 1 is 0.875 bits per heavy atom. The van der Waals surface area contributed by atoms with Crippen molar-refractivity contribution in [3.63, 3.8) is 0 Å². The average Bonchev–Trinajstić information content (AvgIpc) is 2.86. The molecule has 0 saturated carbocycles. The highest BCUT2D eigenvalue weighted by molar-refractivity contribution is 7.21. The first-order valence-corrected chi connectivity index (χ1v) is 5.76. The van der Waals surface area contributed by atoms with E-state index in [1.807, 2.05) is 0 Å². The van der Waals surface area contributed by atoms with Crippen LogP contribution in [-0.2, 0) is 13.1 Å². The lowest BCUT2D eigenvalue weighted by Crippen LogP contribution is -1.91. The summed E-state index contributed by atoms with van der Waals surface area (Å²) in [4.78, 5) is 10.6. The van der Waals surface area contributed by atoms with E-state index in [0.717, 1.165) is 19.8 Å². The van der Waals surface area contributed by atoms with E-state index in [1.54, 1.807) is 35.1 Å². The van der Waals surface area contributed by atoms with Gasteiger partial charge in [-0.3, -0.25) is 0 Å². The number of aromatic nitrogens is 2. The Kier molecular flexibility index (Phi) is 7.05. The fourth-order valence-corrected chi connectivity index (χ4v) is 2.62. The second kappa shape index (κ2) is 7.16. The minimum atomic E-state index is 0. The summed E-state index contributed by atoms with van der Waals surface area (Å²) in [5.74, 6) is 0. The third-order valence-electron chi connectivity index (χ3n) is 1.69. The molecule has 0 aliphatic carbocycles. The Bertz CT molecular complexity index is 389. The van der Waals surface area contributed by atoms with Gasteiger partial charge in [-0.05, 0) is 0 Å². The summed E-state index contributed by atoms with van der Waals surface area (Å²) in [5.41, 5.74) is 11.0. The van der Waals surface area contributed by atoms with Crippen molar-refractivity contribution in [3.05, 3.63) is 22.1 Å². The SMILES string of the molecule is Cl.Cl.NCc1cnc(-c2ncc(CN)s2)s1. The predicted octanol–water partition coefficient (Wildman–Crippen LogP) is 2.03. The second-order valence-electron chi connectivity index (χ2n) is 2.67. The topological polar surface area (TPSA) is 77.8 Å². The summed E-state index contributed by atoms with van der Waals surface area (Å²) in [6, 6.07) is 0. The smallest absolute Gasteiger partial charge is 0.152 e. The van der Waals surface area contributed by atoms with E-state index in [1.165, 1.54) is 0 Å². The maximum atomic E-state index is 5.51. The molecule has 0 saturated heterocycles. The number of rotatable bonds is 3. The standard InChI is InChI=1S/C8H10N4S2.2ClH/c9-1-5-3-11-7(13-5)8-12-4-6(2-10)14-8;;/h3-4H,1-2,9-10H2;2*1H. The van der Waals surface area contributed by atoms with E-state index in [0.29, 0.717) is 13.1 Å². The van der Waals surface area contributed by atoms with Crippen LogP contribution in [0.4, 0.5) is 0 Å². The molecule has 8 heteroatoms. The van der Waals surface area contributed by atoms with E-state index in [4.69, 9.17) is 11.5 Å². The monoisotopic (exact) mass is 298 g/mol. The lowest BCUT2D eigenvalue weighted by atomic mass is 10.6. The zero-order valence-electron chi connectivity index (χ0n) is 8.25. The largest absolute Gasteiger partial charge is 0.326 e. The zero-order valence-corrected chi connectivity index (χ0v) is 11.5. The number of nitrogens with zero attached hydrogens (tertiary/aromatic N) is 2. The van der Waals surface area contributed by atoms with Crippen LogP contribution in [0.5, 0.6) is 0 Å². The number of hydrogen-bond acceptors (Lipinski definition) is 6. The highest BCUT2D eigenvalue weighted by atomic mass is 35.5. The molecule has 0 aliphatic rings. The van der Waals surface area contributed by atoms with Crippen molar-refractivity contribution in [2.45, 2.75) is 13.1 Å². The van der Waals surface area contributed by atoms with Crippen molar-refractivity contribution < 1.29 is 0 Å². The van der Waals surface area contributed by atoms with Gasteiger partial charge in [0.25, 0.3) is 0 Å². The van der Waals surface area contributed by atoms with E-state index in [9.17, 15) is 0 Å². The van der Waals surface area contributed by atoms with Crippen LogP contribution in [0, 0.1) is 0 Å². The number of hydrogen-bond donors (Lipinski definition) is 2. The van der Waals surface area contributed by atoms with E-state index in [2.05, 4.69) is 9.97 Å². The van der Waals surface area contributed by atoms with Crippen LogP contribution in [0.3, 0.4) is 0 Å². The number of halogens is 2. The summed E-state index contributed by atoms with van der Waals surface area (Å²) in [5, 5.41) is 1.85. The van der Waals surface area contributed by atoms with Crippen molar-refractivity contribution in [3.8, 4) is 10.0 Å². The van der Waals surface area contributed by atoms with Gasteiger partial charge in [-0.2, -0.15) is 0 Å². The third-order valence-corrected chi connectivity index (χ3v) is 3.87. The molecule has 0 atom stereocenters. The molecule has 2 heterocycles. The van der Waals surface area contributed by atoms with Gasteiger partial charge in [-0.1, -0.05) is 0 Å². The van der Waals surface area contributed by atoms with E-state index >= 15 is 0 Å². The van der Waals surface area contributed by atoms with Crippen LogP contribution in [0.15, 0.2) is 12.4 Å². The first-order valence-electron chi connectivity index (χ1n) is 4.13. The first kappa shape index (κ1) is 15.8. The maximum absolute atomic E-state index is 5.51. The Balaban J connectivity index is 0.00000112. The molecular formula is C8H12Cl2N4S2. The fourth-order valence-electron chi connectivity index (χ4n) is 1.00. The van der Waals surface area contributed by atoms with Crippen molar-refractivity contribution in [2.24, 2.45) is 11.5 Å². The summed E-state index contributed by atoms with van der Waals surface area (Å²) < 4.78 is 0. The van der Waals surface area contributed by atoms with Gasteiger partial charge in [0.05, 0.1) is 0 Å². The molecule has 4 nitrogen and oxygen atoms in total. The minimum Gasteiger partial charge on any atom is -0.326 e. The molecule has 0 fully saturated rings. The summed E-state index contributed by atoms with van der Waals surface area (Å²) >= 11 is 3.16. The maximum Gasteiger partial charge on any atom is 0.152 e. The second-order valence-corrected chi connectivity index (χ2v) is 4.90. The van der Waals surface area contributed by atoms with Gasteiger partial charge in [0.1, 0.15) is 0 Å². The van der Waals surface area contributed by atoms with Crippen molar-refractivity contribution >= 4 is 47.5 Å². The Labute approximate surface area is 114 Å². The van der Waals surface area contributed by atoms with Gasteiger partial charge < -0.3 is 11.5 Å². The van der Waals surface area contributed by atoms with Gasteiger partial charge in [0.2, 0.25) is 0 Å². The van der Waals surface area contributed by atoms with Crippen LogP contribution in [0.2, 0.25) is 0 Å². The zero-order chi connectivity index (χ0) is 9.97. The average molecular weight is 299 g/mol. The molecule has 2 aromatic rings. The van der Waals surface area contributed by atoms with Gasteiger partial charge in [-0.15, -0.1) is 47.5 Å². The lowest BCUT2D eigenvalue weighted by Gasteiger charge is -1.85. The van der Waals surface area contributed by atoms with Gasteiger partial charge >= 0.3 is 0 Å². The molecule has 0 aromatic carbocycles. The highest BCUT2D eigenvalue weighted by Gasteiger charge is 2.07. The molecule has 0 aliphatic heterocycles. The fraction of sp³-hybridized carbons (Fsp3) is 0.250. The van der Waals surface area contributed by atoms with Crippen LogP contribution in [0.1, 0.15) is 9.75 Å². The molecule has 2 rings (SSSR count). The molecule has 0 radical (unpaired) electrons. The Morgan fingerprint density at radius 3 is 1.50 bits per heavy atom. The van der Waals surface area contributed by atoms with Crippen molar-refractivity contribution in [1.82, 2.24) is 9.97 Å². The molecule has 4 N–H and O–H groups in total. The molecule has 16 heavy (non-hydrogen) atoms. The number of nitrogens with two attached hydrogens (primary N) is 2. The summed E-state index contributed by atoms with van der Waals surface area (Å²) in [6.45, 7) is 1.07. The number of thiazole rings is 2. The highest BCUT2D eigenvalue weighted by Crippen LogP contribution is 2.28. The molecule has 2 aromatic heterocycles. The summed E-state index contributed by atoms with van der Waals surface area (Å²) in [6.07, 6.45) is 3.59. The van der Waals surface area contributed by atoms with Crippen molar-refractivity contribution in [1.29, 1.82) is 0 Å². The van der Waals surface area contributed by atoms with Gasteiger partial charge in [0.15, 0.2) is 10.0 Å². The quantitative estimate of drug-likeness (QED) is 0.909. The van der Waals surface area contributed by atoms with Crippen LogP contribution in [0.25, 0.3) is 10.0 Å². The van der Waals surface area contributed by atoms with Crippen LogP contribution < -0.4 is 11.5 Å².